The number of likely N-dealkylation sites (tertiary alicyclic amines) is 1. The molecule has 1 saturated heterocycles. The Labute approximate surface area is 119 Å². The largest absolute Gasteiger partial charge is 0.495 e. The molecule has 1 aromatic rings. The van der Waals surface area contributed by atoms with Crippen LogP contribution in [0.2, 0.25) is 0 Å². The minimum absolute atomic E-state index is 0. The van der Waals surface area contributed by atoms with E-state index >= 15 is 0 Å². The number of methoxy groups -OCH3 is 1. The van der Waals surface area contributed by atoms with Crippen molar-refractivity contribution in [1.29, 1.82) is 0 Å². The molecule has 1 unspecified atom stereocenters. The van der Waals surface area contributed by atoms with Gasteiger partial charge in [0, 0.05) is 19.1 Å². The molecular weight excluding hydrogens is 266 g/mol. The summed E-state index contributed by atoms with van der Waals surface area (Å²) in [7, 11) is 1.59. The van der Waals surface area contributed by atoms with Gasteiger partial charge in [-0.25, -0.2) is 0 Å². The smallest absolute Gasteiger partial charge is 0.238 e. The monoisotopic (exact) mass is 285 g/mol. The van der Waals surface area contributed by atoms with E-state index in [4.69, 9.17) is 10.5 Å². The normalized spacial score (nSPS) is 18.7. The van der Waals surface area contributed by atoms with Gasteiger partial charge in [-0.15, -0.1) is 12.4 Å². The summed E-state index contributed by atoms with van der Waals surface area (Å²) in [5, 5.41) is 2.86. The van der Waals surface area contributed by atoms with Gasteiger partial charge in [0.1, 0.15) is 5.75 Å². The summed E-state index contributed by atoms with van der Waals surface area (Å²) in [5.74, 6) is 0.637. The van der Waals surface area contributed by atoms with Crippen molar-refractivity contribution in [1.82, 2.24) is 4.90 Å². The van der Waals surface area contributed by atoms with Crippen LogP contribution in [0.25, 0.3) is 0 Å². The second-order valence-electron chi connectivity index (χ2n) is 4.53. The number of rotatable bonds is 4. The molecule has 19 heavy (non-hydrogen) atoms. The highest BCUT2D eigenvalue weighted by molar-refractivity contribution is 5.93. The van der Waals surface area contributed by atoms with Crippen LogP contribution in [0, 0.1) is 0 Å². The molecule has 0 radical (unpaired) electrons. The summed E-state index contributed by atoms with van der Waals surface area (Å²) < 4.78 is 5.18. The second kappa shape index (κ2) is 7.33. The lowest BCUT2D eigenvalue weighted by molar-refractivity contribution is -0.117. The quantitative estimate of drug-likeness (QED) is 0.869. The zero-order valence-corrected chi connectivity index (χ0v) is 11.8. The van der Waals surface area contributed by atoms with E-state index < -0.39 is 0 Å². The van der Waals surface area contributed by atoms with Crippen molar-refractivity contribution in [2.45, 2.75) is 12.5 Å². The summed E-state index contributed by atoms with van der Waals surface area (Å²) in [6.45, 7) is 2.06. The minimum Gasteiger partial charge on any atom is -0.495 e. The number of hydrogen-bond donors (Lipinski definition) is 2. The molecule has 1 amide bonds. The van der Waals surface area contributed by atoms with Gasteiger partial charge >= 0.3 is 0 Å². The van der Waals surface area contributed by atoms with Gasteiger partial charge in [-0.1, -0.05) is 12.1 Å². The predicted molar refractivity (Wildman–Crippen MR) is 77.9 cm³/mol. The van der Waals surface area contributed by atoms with Crippen molar-refractivity contribution in [3.05, 3.63) is 24.3 Å². The molecule has 0 aliphatic carbocycles. The lowest BCUT2D eigenvalue weighted by atomic mass is 10.3. The maximum absolute atomic E-state index is 11.9. The Morgan fingerprint density at radius 1 is 1.53 bits per heavy atom. The van der Waals surface area contributed by atoms with Crippen LogP contribution in [0.4, 0.5) is 5.69 Å². The molecule has 2 rings (SSSR count). The number of amides is 1. The molecule has 1 fully saturated rings. The average Bonchev–Trinajstić information content (AvgIpc) is 2.75. The first kappa shape index (κ1) is 15.8. The van der Waals surface area contributed by atoms with Crippen LogP contribution in [0.3, 0.4) is 0 Å². The summed E-state index contributed by atoms with van der Waals surface area (Å²) in [6, 6.07) is 7.58. The first-order chi connectivity index (χ1) is 8.69. The van der Waals surface area contributed by atoms with Crippen LogP contribution >= 0.6 is 12.4 Å². The van der Waals surface area contributed by atoms with E-state index in [0.717, 1.165) is 19.5 Å². The summed E-state index contributed by atoms with van der Waals surface area (Å²) >= 11 is 0. The van der Waals surface area contributed by atoms with Gasteiger partial charge in [0.25, 0.3) is 0 Å². The third-order valence-corrected chi connectivity index (χ3v) is 3.06. The number of carbonyl (C=O) groups excluding carboxylic acids is 1. The van der Waals surface area contributed by atoms with Crippen LogP contribution in [0.15, 0.2) is 24.3 Å². The Bertz CT molecular complexity index is 428. The van der Waals surface area contributed by atoms with Crippen molar-refractivity contribution < 1.29 is 9.53 Å². The Kier molecular flexibility index (Phi) is 6.08. The number of halogens is 1. The minimum atomic E-state index is -0.0337. The van der Waals surface area contributed by atoms with Crippen LogP contribution in [0.5, 0.6) is 5.75 Å². The molecule has 0 bridgehead atoms. The average molecular weight is 286 g/mol. The van der Waals surface area contributed by atoms with Gasteiger partial charge in [-0.3, -0.25) is 9.69 Å². The highest BCUT2D eigenvalue weighted by atomic mass is 35.5. The molecule has 106 valence electrons. The Balaban J connectivity index is 0.00000180. The predicted octanol–water partition coefficient (Wildman–Crippen LogP) is 1.09. The number of para-hydroxylation sites is 2. The van der Waals surface area contributed by atoms with Gasteiger partial charge < -0.3 is 15.8 Å². The number of nitrogens with two attached hydrogens (primary N) is 1. The number of ether oxygens (including phenoxy) is 1. The van der Waals surface area contributed by atoms with Gasteiger partial charge in [-0.2, -0.15) is 0 Å². The van der Waals surface area contributed by atoms with Gasteiger partial charge in [-0.05, 0) is 18.6 Å². The van der Waals surface area contributed by atoms with Gasteiger partial charge in [0.2, 0.25) is 5.91 Å². The van der Waals surface area contributed by atoms with Crippen molar-refractivity contribution in [3.63, 3.8) is 0 Å². The van der Waals surface area contributed by atoms with E-state index in [-0.39, 0.29) is 24.4 Å². The van der Waals surface area contributed by atoms with Crippen molar-refractivity contribution in [2.75, 3.05) is 32.1 Å². The SMILES string of the molecule is COc1ccccc1NC(=O)CN1CCC(N)C1.Cl. The summed E-state index contributed by atoms with van der Waals surface area (Å²) in [6.07, 6.45) is 0.960. The summed E-state index contributed by atoms with van der Waals surface area (Å²) in [4.78, 5) is 14.0. The van der Waals surface area contributed by atoms with E-state index in [0.29, 0.717) is 18.0 Å². The molecule has 1 aromatic carbocycles. The Morgan fingerprint density at radius 3 is 2.89 bits per heavy atom. The van der Waals surface area contributed by atoms with E-state index in [9.17, 15) is 4.79 Å². The van der Waals surface area contributed by atoms with E-state index in [1.54, 1.807) is 7.11 Å². The number of anilines is 1. The molecule has 1 heterocycles. The molecule has 0 aromatic heterocycles. The fourth-order valence-corrected chi connectivity index (χ4v) is 2.15. The fraction of sp³-hybridized carbons (Fsp3) is 0.462. The zero-order chi connectivity index (χ0) is 13.0. The molecule has 0 saturated carbocycles. The van der Waals surface area contributed by atoms with Crippen LogP contribution in [0.1, 0.15) is 6.42 Å². The zero-order valence-electron chi connectivity index (χ0n) is 11.0. The molecule has 6 heteroatoms. The van der Waals surface area contributed by atoms with Crippen molar-refractivity contribution >= 4 is 24.0 Å². The number of nitrogens with one attached hydrogen (secondary N) is 1. The standard InChI is InChI=1S/C13H19N3O2.ClH/c1-18-12-5-3-2-4-11(12)15-13(17)9-16-7-6-10(14)8-16;/h2-5,10H,6-9,14H2,1H3,(H,15,17);1H. The molecule has 3 N–H and O–H groups in total. The fourth-order valence-electron chi connectivity index (χ4n) is 2.15. The van der Waals surface area contributed by atoms with E-state index in [1.165, 1.54) is 0 Å². The first-order valence-electron chi connectivity index (χ1n) is 6.10. The van der Waals surface area contributed by atoms with Crippen LogP contribution in [-0.2, 0) is 4.79 Å². The van der Waals surface area contributed by atoms with Crippen molar-refractivity contribution in [3.8, 4) is 5.75 Å². The third-order valence-electron chi connectivity index (χ3n) is 3.06. The lowest BCUT2D eigenvalue weighted by Crippen LogP contribution is -2.33. The van der Waals surface area contributed by atoms with Crippen LogP contribution in [-0.4, -0.2) is 43.6 Å². The second-order valence-corrected chi connectivity index (χ2v) is 4.53. The Morgan fingerprint density at radius 2 is 2.26 bits per heavy atom. The Hall–Kier alpha value is -1.30. The third kappa shape index (κ3) is 4.38. The molecule has 1 aliphatic rings. The molecular formula is C13H20ClN3O2. The van der Waals surface area contributed by atoms with Crippen molar-refractivity contribution in [2.24, 2.45) is 5.73 Å². The number of hydrogen-bond acceptors (Lipinski definition) is 4. The highest BCUT2D eigenvalue weighted by Gasteiger charge is 2.21. The molecule has 1 atom stereocenters. The lowest BCUT2D eigenvalue weighted by Gasteiger charge is -2.15. The number of carbonyl (C=O) groups is 1. The number of benzene rings is 1. The van der Waals surface area contributed by atoms with Gasteiger partial charge in [0.15, 0.2) is 0 Å². The topological polar surface area (TPSA) is 67.6 Å². The number of nitrogens with zero attached hydrogens (tertiary/aromatic N) is 1. The van der Waals surface area contributed by atoms with Gasteiger partial charge in [0.05, 0.1) is 19.3 Å². The molecule has 0 spiro atoms. The van der Waals surface area contributed by atoms with E-state index in [1.807, 2.05) is 24.3 Å². The maximum Gasteiger partial charge on any atom is 0.238 e. The van der Waals surface area contributed by atoms with Crippen LogP contribution < -0.4 is 15.8 Å². The first-order valence-corrected chi connectivity index (χ1v) is 6.10. The highest BCUT2D eigenvalue weighted by Crippen LogP contribution is 2.22. The molecule has 1 aliphatic heterocycles. The summed E-state index contributed by atoms with van der Waals surface area (Å²) in [5.41, 5.74) is 6.51. The van der Waals surface area contributed by atoms with E-state index in [2.05, 4.69) is 10.2 Å². The maximum atomic E-state index is 11.9. The molecule has 5 nitrogen and oxygen atoms in total.